The first-order valence-corrected chi connectivity index (χ1v) is 5.36. The third kappa shape index (κ3) is 1.82. The standard InChI is InChI=1S/C13H9N3O2/c17-7-16-13-4-11-3-9(12-6-14-8-18-12)1-2-10(11)5-15-13/h1-8H,(H,15,16,17). The van der Waals surface area contributed by atoms with Gasteiger partial charge in [-0.1, -0.05) is 12.1 Å². The lowest BCUT2D eigenvalue weighted by Gasteiger charge is -2.03. The Morgan fingerprint density at radius 2 is 2.11 bits per heavy atom. The predicted octanol–water partition coefficient (Wildman–Crippen LogP) is 2.46. The summed E-state index contributed by atoms with van der Waals surface area (Å²) in [7, 11) is 0. The van der Waals surface area contributed by atoms with Gasteiger partial charge >= 0.3 is 0 Å². The summed E-state index contributed by atoms with van der Waals surface area (Å²) >= 11 is 0. The summed E-state index contributed by atoms with van der Waals surface area (Å²) in [6, 6.07) is 7.67. The SMILES string of the molecule is O=CNc1cc2cc(-c3cnco3)ccc2cn1. The number of amides is 1. The Morgan fingerprint density at radius 1 is 1.17 bits per heavy atom. The lowest BCUT2D eigenvalue weighted by molar-refractivity contribution is -0.105. The molecule has 0 spiro atoms. The van der Waals surface area contributed by atoms with Gasteiger partial charge in [-0.05, 0) is 17.5 Å². The minimum absolute atomic E-state index is 0.521. The number of aromatic nitrogens is 2. The molecule has 1 N–H and O–H groups in total. The van der Waals surface area contributed by atoms with Crippen LogP contribution in [0.2, 0.25) is 0 Å². The molecule has 0 aliphatic rings. The van der Waals surface area contributed by atoms with Crippen LogP contribution in [0.25, 0.3) is 22.1 Å². The van der Waals surface area contributed by atoms with Gasteiger partial charge in [-0.15, -0.1) is 0 Å². The molecule has 5 heteroatoms. The van der Waals surface area contributed by atoms with Crippen molar-refractivity contribution in [3.05, 3.63) is 43.1 Å². The molecule has 88 valence electrons. The molecule has 0 unspecified atom stereocenters. The summed E-state index contributed by atoms with van der Waals surface area (Å²) in [4.78, 5) is 18.4. The first-order chi connectivity index (χ1) is 8.86. The van der Waals surface area contributed by atoms with E-state index in [1.54, 1.807) is 12.4 Å². The molecule has 1 amide bonds. The average molecular weight is 239 g/mol. The molecule has 0 saturated carbocycles. The van der Waals surface area contributed by atoms with E-state index in [9.17, 15) is 4.79 Å². The van der Waals surface area contributed by atoms with Crippen LogP contribution >= 0.6 is 0 Å². The third-order valence-corrected chi connectivity index (χ3v) is 2.65. The highest BCUT2D eigenvalue weighted by molar-refractivity contribution is 5.88. The highest BCUT2D eigenvalue weighted by Gasteiger charge is 2.03. The van der Waals surface area contributed by atoms with Crippen molar-refractivity contribution in [3.8, 4) is 11.3 Å². The highest BCUT2D eigenvalue weighted by Crippen LogP contribution is 2.24. The predicted molar refractivity (Wildman–Crippen MR) is 66.9 cm³/mol. The van der Waals surface area contributed by atoms with E-state index in [2.05, 4.69) is 15.3 Å². The van der Waals surface area contributed by atoms with Gasteiger partial charge in [0, 0.05) is 17.1 Å². The minimum Gasteiger partial charge on any atom is -0.444 e. The van der Waals surface area contributed by atoms with Crippen molar-refractivity contribution in [1.82, 2.24) is 9.97 Å². The monoisotopic (exact) mass is 239 g/mol. The summed E-state index contributed by atoms with van der Waals surface area (Å²) in [6.07, 6.45) is 5.37. The maximum atomic E-state index is 10.4. The number of nitrogens with zero attached hydrogens (tertiary/aromatic N) is 2. The lowest BCUT2D eigenvalue weighted by Crippen LogP contribution is -1.95. The Balaban J connectivity index is 2.12. The lowest BCUT2D eigenvalue weighted by atomic mass is 10.1. The van der Waals surface area contributed by atoms with E-state index in [1.807, 2.05) is 24.3 Å². The molecule has 2 aromatic heterocycles. The Morgan fingerprint density at radius 3 is 2.89 bits per heavy atom. The zero-order valence-electron chi connectivity index (χ0n) is 9.33. The van der Waals surface area contributed by atoms with Crippen molar-refractivity contribution >= 4 is 23.0 Å². The molecular weight excluding hydrogens is 230 g/mol. The molecule has 3 rings (SSSR count). The van der Waals surface area contributed by atoms with Crippen molar-refractivity contribution in [1.29, 1.82) is 0 Å². The Hall–Kier alpha value is -2.69. The van der Waals surface area contributed by atoms with Gasteiger partial charge < -0.3 is 9.73 Å². The quantitative estimate of drug-likeness (QED) is 0.713. The second-order valence-corrected chi connectivity index (χ2v) is 3.76. The van der Waals surface area contributed by atoms with Crippen LogP contribution in [0.1, 0.15) is 0 Å². The maximum absolute atomic E-state index is 10.4. The summed E-state index contributed by atoms with van der Waals surface area (Å²) < 4.78 is 5.25. The van der Waals surface area contributed by atoms with Gasteiger partial charge in [0.15, 0.2) is 12.2 Å². The number of rotatable bonds is 3. The van der Waals surface area contributed by atoms with Crippen LogP contribution in [0.15, 0.2) is 47.5 Å². The van der Waals surface area contributed by atoms with E-state index < -0.39 is 0 Å². The van der Waals surface area contributed by atoms with Gasteiger partial charge in [0.05, 0.1) is 6.20 Å². The van der Waals surface area contributed by atoms with Crippen LogP contribution in [0.3, 0.4) is 0 Å². The van der Waals surface area contributed by atoms with Crippen LogP contribution in [0, 0.1) is 0 Å². The number of oxazole rings is 1. The van der Waals surface area contributed by atoms with E-state index in [1.165, 1.54) is 6.39 Å². The zero-order chi connectivity index (χ0) is 12.4. The molecular formula is C13H9N3O2. The van der Waals surface area contributed by atoms with Gasteiger partial charge in [0.1, 0.15) is 5.82 Å². The van der Waals surface area contributed by atoms with E-state index >= 15 is 0 Å². The minimum atomic E-state index is 0.521. The first kappa shape index (κ1) is 10.5. The van der Waals surface area contributed by atoms with Crippen LogP contribution in [-0.2, 0) is 4.79 Å². The molecule has 0 fully saturated rings. The third-order valence-electron chi connectivity index (χ3n) is 2.65. The number of carbonyl (C=O) groups excluding carboxylic acids is 1. The van der Waals surface area contributed by atoms with Crippen molar-refractivity contribution in [3.63, 3.8) is 0 Å². The van der Waals surface area contributed by atoms with Gasteiger partial charge in [-0.3, -0.25) is 4.79 Å². The molecule has 0 radical (unpaired) electrons. The van der Waals surface area contributed by atoms with Crippen LogP contribution in [-0.4, -0.2) is 16.4 Å². The van der Waals surface area contributed by atoms with Crippen molar-refractivity contribution in [2.75, 3.05) is 5.32 Å². The average Bonchev–Trinajstić information content (AvgIpc) is 2.92. The zero-order valence-corrected chi connectivity index (χ0v) is 9.33. The largest absolute Gasteiger partial charge is 0.444 e. The normalized spacial score (nSPS) is 10.4. The molecule has 0 aliphatic heterocycles. The summed E-state index contributed by atoms with van der Waals surface area (Å²) in [5.74, 6) is 1.23. The smallest absolute Gasteiger partial charge is 0.212 e. The van der Waals surface area contributed by atoms with Crippen molar-refractivity contribution < 1.29 is 9.21 Å². The summed E-state index contributed by atoms with van der Waals surface area (Å²) in [6.45, 7) is 0. The highest BCUT2D eigenvalue weighted by atomic mass is 16.3. The molecule has 18 heavy (non-hydrogen) atoms. The van der Waals surface area contributed by atoms with Gasteiger partial charge in [-0.2, -0.15) is 0 Å². The number of carbonyl (C=O) groups is 1. The van der Waals surface area contributed by atoms with E-state index in [-0.39, 0.29) is 0 Å². The number of hydrogen-bond acceptors (Lipinski definition) is 4. The van der Waals surface area contributed by atoms with Gasteiger partial charge in [-0.25, -0.2) is 9.97 Å². The number of benzene rings is 1. The van der Waals surface area contributed by atoms with Gasteiger partial charge in [0.2, 0.25) is 6.41 Å². The van der Waals surface area contributed by atoms with E-state index in [0.717, 1.165) is 16.3 Å². The first-order valence-electron chi connectivity index (χ1n) is 5.36. The number of nitrogens with one attached hydrogen (secondary N) is 1. The number of anilines is 1. The maximum Gasteiger partial charge on any atom is 0.212 e. The second-order valence-electron chi connectivity index (χ2n) is 3.76. The molecule has 5 nitrogen and oxygen atoms in total. The number of hydrogen-bond donors (Lipinski definition) is 1. The Labute approximate surface area is 102 Å². The van der Waals surface area contributed by atoms with Crippen LogP contribution < -0.4 is 5.32 Å². The molecule has 0 atom stereocenters. The van der Waals surface area contributed by atoms with Crippen LogP contribution in [0.5, 0.6) is 0 Å². The van der Waals surface area contributed by atoms with E-state index in [4.69, 9.17) is 4.42 Å². The molecule has 2 heterocycles. The molecule has 0 saturated heterocycles. The van der Waals surface area contributed by atoms with Crippen LogP contribution in [0.4, 0.5) is 5.82 Å². The number of fused-ring (bicyclic) bond motifs is 1. The number of pyridine rings is 1. The Bertz CT molecular complexity index is 693. The van der Waals surface area contributed by atoms with Gasteiger partial charge in [0.25, 0.3) is 0 Å². The second kappa shape index (κ2) is 4.29. The van der Waals surface area contributed by atoms with E-state index in [0.29, 0.717) is 18.0 Å². The molecule has 1 aromatic carbocycles. The molecule has 3 aromatic rings. The van der Waals surface area contributed by atoms with Crippen molar-refractivity contribution in [2.24, 2.45) is 0 Å². The fourth-order valence-electron chi connectivity index (χ4n) is 1.79. The fourth-order valence-corrected chi connectivity index (χ4v) is 1.79. The molecule has 0 aliphatic carbocycles. The fraction of sp³-hybridized carbons (Fsp3) is 0. The summed E-state index contributed by atoms with van der Waals surface area (Å²) in [5, 5.41) is 4.50. The molecule has 0 bridgehead atoms. The topological polar surface area (TPSA) is 68.0 Å². The van der Waals surface area contributed by atoms with Crippen molar-refractivity contribution in [2.45, 2.75) is 0 Å². The summed E-state index contributed by atoms with van der Waals surface area (Å²) in [5.41, 5.74) is 0.934. The Kier molecular flexibility index (Phi) is 2.49.